The van der Waals surface area contributed by atoms with Gasteiger partial charge in [0.25, 0.3) is 5.69 Å². The molecular formula is C20H17NO3S. The van der Waals surface area contributed by atoms with Crippen molar-refractivity contribution < 1.29 is 14.3 Å². The summed E-state index contributed by atoms with van der Waals surface area (Å²) in [6, 6.07) is 17.9. The fourth-order valence-electron chi connectivity index (χ4n) is 2.77. The number of carbonyl (C=O) groups is 2. The minimum Gasteiger partial charge on any atom is -0.618 e. The van der Waals surface area contributed by atoms with Gasteiger partial charge in [-0.25, -0.2) is 0 Å². The molecule has 1 aromatic carbocycles. The molecule has 126 valence electrons. The van der Waals surface area contributed by atoms with Crippen molar-refractivity contribution in [1.29, 1.82) is 0 Å². The fourth-order valence-corrected chi connectivity index (χ4v) is 3.44. The molecule has 3 rings (SSSR count). The first-order chi connectivity index (χ1) is 12.1. The van der Waals surface area contributed by atoms with Gasteiger partial charge in [-0.2, -0.15) is 4.73 Å². The Labute approximate surface area is 150 Å². The molecule has 0 spiro atoms. The molecule has 0 bridgehead atoms. The highest BCUT2D eigenvalue weighted by atomic mass is 32.1. The Morgan fingerprint density at radius 3 is 2.32 bits per heavy atom. The van der Waals surface area contributed by atoms with Crippen LogP contribution in [0, 0.1) is 5.21 Å². The molecular weight excluding hydrogens is 334 g/mol. The van der Waals surface area contributed by atoms with Crippen LogP contribution in [0.5, 0.6) is 0 Å². The summed E-state index contributed by atoms with van der Waals surface area (Å²) in [5, 5.41) is 13.7. The summed E-state index contributed by atoms with van der Waals surface area (Å²) in [5.74, 6) is -0.508. The maximum absolute atomic E-state index is 12.6. The number of benzene rings is 1. The molecule has 5 heteroatoms. The van der Waals surface area contributed by atoms with Gasteiger partial charge in [0, 0.05) is 25.0 Å². The maximum atomic E-state index is 12.6. The third-order valence-corrected chi connectivity index (χ3v) is 4.95. The average molecular weight is 351 g/mol. The van der Waals surface area contributed by atoms with Crippen LogP contribution in [-0.4, -0.2) is 11.6 Å². The molecule has 0 amide bonds. The van der Waals surface area contributed by atoms with Crippen LogP contribution in [0.4, 0.5) is 0 Å². The van der Waals surface area contributed by atoms with Crippen LogP contribution in [0.25, 0.3) is 0 Å². The van der Waals surface area contributed by atoms with Crippen molar-refractivity contribution >= 4 is 22.9 Å². The van der Waals surface area contributed by atoms with Crippen LogP contribution >= 0.6 is 11.3 Å². The van der Waals surface area contributed by atoms with Crippen molar-refractivity contribution in [2.45, 2.75) is 18.8 Å². The number of hydrogen-bond acceptors (Lipinski definition) is 4. The third kappa shape index (κ3) is 4.19. The Hall–Kier alpha value is -2.79. The highest BCUT2D eigenvalue weighted by molar-refractivity contribution is 7.12. The van der Waals surface area contributed by atoms with Gasteiger partial charge in [-0.3, -0.25) is 9.59 Å². The Morgan fingerprint density at radius 1 is 0.920 bits per heavy atom. The third-order valence-electron chi connectivity index (χ3n) is 4.04. The lowest BCUT2D eigenvalue weighted by Crippen LogP contribution is -2.34. The van der Waals surface area contributed by atoms with E-state index >= 15 is 0 Å². The smallest absolute Gasteiger partial charge is 0.259 e. The van der Waals surface area contributed by atoms with Gasteiger partial charge in [0.2, 0.25) is 5.78 Å². The van der Waals surface area contributed by atoms with Crippen LogP contribution in [0.15, 0.2) is 72.2 Å². The number of ketones is 2. The lowest BCUT2D eigenvalue weighted by molar-refractivity contribution is -0.607. The summed E-state index contributed by atoms with van der Waals surface area (Å²) in [7, 11) is 0. The zero-order valence-electron chi connectivity index (χ0n) is 13.5. The lowest BCUT2D eigenvalue weighted by atomic mass is 9.88. The first-order valence-corrected chi connectivity index (χ1v) is 8.86. The van der Waals surface area contributed by atoms with E-state index in [1.54, 1.807) is 18.2 Å². The summed E-state index contributed by atoms with van der Waals surface area (Å²) >= 11 is 1.40. The molecule has 0 saturated heterocycles. The van der Waals surface area contributed by atoms with Crippen LogP contribution < -0.4 is 4.73 Å². The minimum absolute atomic E-state index is 0.0136. The average Bonchev–Trinajstić information content (AvgIpc) is 3.17. The molecule has 0 unspecified atom stereocenters. The van der Waals surface area contributed by atoms with Crippen LogP contribution in [0.1, 0.15) is 44.5 Å². The number of aromatic nitrogens is 1. The Morgan fingerprint density at radius 2 is 1.64 bits per heavy atom. The second-order valence-corrected chi connectivity index (χ2v) is 6.70. The molecule has 0 saturated carbocycles. The molecule has 0 radical (unpaired) electrons. The zero-order valence-corrected chi connectivity index (χ0v) is 14.3. The van der Waals surface area contributed by atoms with E-state index in [-0.39, 0.29) is 36.0 Å². The van der Waals surface area contributed by atoms with Crippen molar-refractivity contribution in [3.05, 3.63) is 93.6 Å². The molecule has 3 aromatic rings. The molecule has 1 atom stereocenters. The van der Waals surface area contributed by atoms with E-state index in [1.807, 2.05) is 41.8 Å². The molecule has 0 fully saturated rings. The Bertz CT molecular complexity index is 860. The van der Waals surface area contributed by atoms with Crippen molar-refractivity contribution in [3.63, 3.8) is 0 Å². The topological polar surface area (TPSA) is 61.1 Å². The molecule has 2 heterocycles. The van der Waals surface area contributed by atoms with E-state index in [2.05, 4.69) is 0 Å². The quantitative estimate of drug-likeness (QED) is 0.367. The Balaban J connectivity index is 1.83. The summed E-state index contributed by atoms with van der Waals surface area (Å²) in [5.41, 5.74) is 1.03. The number of Topliss-reactive ketones (excluding diaryl/α,β-unsaturated/α-hetero) is 2. The van der Waals surface area contributed by atoms with Crippen molar-refractivity contribution in [1.82, 2.24) is 0 Å². The molecule has 0 aliphatic heterocycles. The van der Waals surface area contributed by atoms with Crippen LogP contribution in [-0.2, 0) is 0 Å². The van der Waals surface area contributed by atoms with E-state index in [1.165, 1.54) is 23.6 Å². The summed E-state index contributed by atoms with van der Waals surface area (Å²) < 4.78 is 0.575. The zero-order chi connectivity index (χ0) is 17.6. The summed E-state index contributed by atoms with van der Waals surface area (Å²) in [6.45, 7) is 0. The number of pyridine rings is 1. The largest absolute Gasteiger partial charge is 0.618 e. The minimum atomic E-state index is -0.261. The monoisotopic (exact) mass is 351 g/mol. The predicted octanol–water partition coefficient (Wildman–Crippen LogP) is 4.01. The van der Waals surface area contributed by atoms with Gasteiger partial charge in [0.1, 0.15) is 0 Å². The number of rotatable bonds is 7. The molecule has 4 nitrogen and oxygen atoms in total. The summed E-state index contributed by atoms with van der Waals surface area (Å²) in [6.07, 6.45) is 1.66. The molecule has 25 heavy (non-hydrogen) atoms. The van der Waals surface area contributed by atoms with Gasteiger partial charge >= 0.3 is 0 Å². The van der Waals surface area contributed by atoms with E-state index in [0.29, 0.717) is 9.61 Å². The number of thiophene rings is 1. The first-order valence-electron chi connectivity index (χ1n) is 7.98. The second kappa shape index (κ2) is 7.85. The van der Waals surface area contributed by atoms with E-state index < -0.39 is 0 Å². The van der Waals surface area contributed by atoms with E-state index in [0.717, 1.165) is 5.56 Å². The molecule has 0 aliphatic rings. The normalized spacial score (nSPS) is 11.8. The van der Waals surface area contributed by atoms with Crippen molar-refractivity contribution in [2.75, 3.05) is 0 Å². The highest BCUT2D eigenvalue weighted by Gasteiger charge is 2.24. The van der Waals surface area contributed by atoms with Crippen LogP contribution in [0.2, 0.25) is 0 Å². The van der Waals surface area contributed by atoms with Gasteiger partial charge in [-0.15, -0.1) is 11.3 Å². The van der Waals surface area contributed by atoms with Gasteiger partial charge in [-0.1, -0.05) is 36.4 Å². The predicted molar refractivity (Wildman–Crippen MR) is 96.8 cm³/mol. The van der Waals surface area contributed by atoms with E-state index in [9.17, 15) is 14.8 Å². The summed E-state index contributed by atoms with van der Waals surface area (Å²) in [4.78, 5) is 25.8. The number of carbonyl (C=O) groups excluding carboxylic acids is 2. The van der Waals surface area contributed by atoms with Crippen molar-refractivity contribution in [3.8, 4) is 0 Å². The Kier molecular flexibility index (Phi) is 5.36. The maximum Gasteiger partial charge on any atom is 0.259 e. The fraction of sp³-hybridized carbons (Fsp3) is 0.150. The lowest BCUT2D eigenvalue weighted by Gasteiger charge is -2.15. The number of nitrogens with zero attached hydrogens (tertiary/aromatic N) is 1. The van der Waals surface area contributed by atoms with Crippen molar-refractivity contribution in [2.24, 2.45) is 0 Å². The van der Waals surface area contributed by atoms with E-state index in [4.69, 9.17) is 0 Å². The van der Waals surface area contributed by atoms with Gasteiger partial charge in [0.05, 0.1) is 4.88 Å². The van der Waals surface area contributed by atoms with Crippen LogP contribution in [0.3, 0.4) is 0 Å². The van der Waals surface area contributed by atoms with Gasteiger partial charge in [0.15, 0.2) is 12.0 Å². The van der Waals surface area contributed by atoms with Gasteiger partial charge in [-0.05, 0) is 29.0 Å². The SMILES string of the molecule is O=C(C[C@H](CC(=O)c1cccc[n+]1[O-])c1ccccc1)c1cccs1. The molecule has 0 aliphatic carbocycles. The van der Waals surface area contributed by atoms with Gasteiger partial charge < -0.3 is 5.21 Å². The number of hydrogen-bond donors (Lipinski definition) is 0. The first kappa shape index (κ1) is 17.0. The standard InChI is InChI=1S/C20H17NO3S/c22-18(17-9-4-5-11-21(17)24)13-16(15-7-2-1-3-8-15)14-19(23)20-10-6-12-25-20/h1-12,16H,13-14H2/t16-/m0/s1. The second-order valence-electron chi connectivity index (χ2n) is 5.75. The molecule has 0 N–H and O–H groups in total. The highest BCUT2D eigenvalue weighted by Crippen LogP contribution is 2.27. The molecule has 2 aromatic heterocycles.